The molecule has 0 spiro atoms. The lowest BCUT2D eigenvalue weighted by Crippen LogP contribution is -1.93. The van der Waals surface area contributed by atoms with Gasteiger partial charge in [-0.25, -0.2) is 4.39 Å². The lowest BCUT2D eigenvalue weighted by molar-refractivity contribution is 0.454. The summed E-state index contributed by atoms with van der Waals surface area (Å²) in [6.07, 6.45) is 0. The highest BCUT2D eigenvalue weighted by molar-refractivity contribution is 6.32. The molecule has 0 amide bonds. The van der Waals surface area contributed by atoms with E-state index >= 15 is 0 Å². The number of phenolic OH excluding ortho intramolecular Hbond substituents is 1. The molecule has 0 atom stereocenters. The van der Waals surface area contributed by atoms with E-state index in [1.807, 2.05) is 0 Å². The van der Waals surface area contributed by atoms with Crippen molar-refractivity contribution in [2.75, 3.05) is 0 Å². The van der Waals surface area contributed by atoms with Crippen molar-refractivity contribution >= 4 is 11.6 Å². The first kappa shape index (κ1) is 9.33. The zero-order valence-electron chi connectivity index (χ0n) is 6.94. The SMILES string of the molecule is CC(C)c1c(F)ccc(Cl)c1O. The van der Waals surface area contributed by atoms with Gasteiger partial charge < -0.3 is 5.11 Å². The fourth-order valence-electron chi connectivity index (χ4n) is 1.11. The van der Waals surface area contributed by atoms with Crippen molar-refractivity contribution in [1.29, 1.82) is 0 Å². The van der Waals surface area contributed by atoms with Gasteiger partial charge >= 0.3 is 0 Å². The van der Waals surface area contributed by atoms with Crippen LogP contribution in [-0.2, 0) is 0 Å². The molecule has 0 saturated carbocycles. The van der Waals surface area contributed by atoms with E-state index in [1.54, 1.807) is 13.8 Å². The summed E-state index contributed by atoms with van der Waals surface area (Å²) >= 11 is 5.61. The third-order valence-electron chi connectivity index (χ3n) is 1.69. The van der Waals surface area contributed by atoms with Crippen LogP contribution in [-0.4, -0.2) is 5.11 Å². The molecular weight excluding hydrogens is 179 g/mol. The molecule has 1 rings (SSSR count). The van der Waals surface area contributed by atoms with Crippen LogP contribution in [0.1, 0.15) is 25.3 Å². The molecule has 66 valence electrons. The van der Waals surface area contributed by atoms with Crippen molar-refractivity contribution in [2.45, 2.75) is 19.8 Å². The van der Waals surface area contributed by atoms with Crippen molar-refractivity contribution in [3.63, 3.8) is 0 Å². The van der Waals surface area contributed by atoms with E-state index < -0.39 is 5.82 Å². The normalized spacial score (nSPS) is 10.8. The first-order valence-electron chi connectivity index (χ1n) is 3.71. The molecule has 0 unspecified atom stereocenters. The van der Waals surface area contributed by atoms with Gasteiger partial charge in [-0.2, -0.15) is 0 Å². The molecule has 0 aliphatic rings. The third kappa shape index (κ3) is 1.53. The zero-order chi connectivity index (χ0) is 9.30. The Hall–Kier alpha value is -0.760. The number of hydrogen-bond acceptors (Lipinski definition) is 1. The maximum Gasteiger partial charge on any atom is 0.140 e. The van der Waals surface area contributed by atoms with E-state index in [-0.39, 0.29) is 22.3 Å². The topological polar surface area (TPSA) is 20.2 Å². The zero-order valence-corrected chi connectivity index (χ0v) is 7.69. The predicted octanol–water partition coefficient (Wildman–Crippen LogP) is 3.31. The second kappa shape index (κ2) is 3.31. The van der Waals surface area contributed by atoms with Crippen LogP contribution in [0, 0.1) is 5.82 Å². The first-order valence-corrected chi connectivity index (χ1v) is 4.08. The van der Waals surface area contributed by atoms with Gasteiger partial charge in [0.1, 0.15) is 11.6 Å². The van der Waals surface area contributed by atoms with Crippen molar-refractivity contribution in [1.82, 2.24) is 0 Å². The van der Waals surface area contributed by atoms with E-state index in [0.29, 0.717) is 0 Å². The second-order valence-corrected chi connectivity index (χ2v) is 3.35. The highest BCUT2D eigenvalue weighted by Gasteiger charge is 2.14. The number of rotatable bonds is 1. The molecule has 12 heavy (non-hydrogen) atoms. The predicted molar refractivity (Wildman–Crippen MR) is 47.2 cm³/mol. The van der Waals surface area contributed by atoms with Crippen molar-refractivity contribution in [3.8, 4) is 5.75 Å². The number of aromatic hydroxyl groups is 1. The molecule has 3 heteroatoms. The molecule has 1 aromatic carbocycles. The average molecular weight is 189 g/mol. The average Bonchev–Trinajstić information content (AvgIpc) is 1.97. The highest BCUT2D eigenvalue weighted by atomic mass is 35.5. The first-order chi connectivity index (χ1) is 5.54. The van der Waals surface area contributed by atoms with Gasteiger partial charge in [0.15, 0.2) is 0 Å². The molecule has 1 N–H and O–H groups in total. The summed E-state index contributed by atoms with van der Waals surface area (Å²) in [7, 11) is 0. The van der Waals surface area contributed by atoms with E-state index in [0.717, 1.165) is 0 Å². The maximum atomic E-state index is 13.1. The summed E-state index contributed by atoms with van der Waals surface area (Å²) in [6, 6.07) is 2.61. The molecule has 0 radical (unpaired) electrons. The number of hydrogen-bond donors (Lipinski definition) is 1. The van der Waals surface area contributed by atoms with Crippen LogP contribution in [0.15, 0.2) is 12.1 Å². The molecule has 0 heterocycles. The molecule has 0 bridgehead atoms. The quantitative estimate of drug-likeness (QED) is 0.717. The Bertz CT molecular complexity index is 297. The van der Waals surface area contributed by atoms with Gasteiger partial charge in [-0.3, -0.25) is 0 Å². The highest BCUT2D eigenvalue weighted by Crippen LogP contribution is 2.34. The van der Waals surface area contributed by atoms with Gasteiger partial charge in [0.05, 0.1) is 5.02 Å². The molecule has 1 aromatic rings. The Balaban J connectivity index is 3.33. The lowest BCUT2D eigenvalue weighted by Gasteiger charge is -2.09. The molecule has 0 saturated heterocycles. The Kier molecular flexibility index (Phi) is 2.58. The van der Waals surface area contributed by atoms with Gasteiger partial charge in [-0.1, -0.05) is 25.4 Å². The summed E-state index contributed by atoms with van der Waals surface area (Å²) in [5, 5.41) is 9.57. The maximum absolute atomic E-state index is 13.1. The van der Waals surface area contributed by atoms with Crippen LogP contribution in [0.2, 0.25) is 5.02 Å². The smallest absolute Gasteiger partial charge is 0.140 e. The molecule has 1 nitrogen and oxygen atoms in total. The molecular formula is C9H10ClFO. The molecule has 0 aliphatic heterocycles. The minimum Gasteiger partial charge on any atom is -0.506 e. The minimum atomic E-state index is -0.410. The third-order valence-corrected chi connectivity index (χ3v) is 2.00. The van der Waals surface area contributed by atoms with Crippen LogP contribution < -0.4 is 0 Å². The number of benzene rings is 1. The standard InChI is InChI=1S/C9H10ClFO/c1-5(2)8-7(11)4-3-6(10)9(8)12/h3-5,12H,1-2H3. The lowest BCUT2D eigenvalue weighted by atomic mass is 10.0. The molecule has 0 fully saturated rings. The van der Waals surface area contributed by atoms with Crippen LogP contribution in [0.4, 0.5) is 4.39 Å². The number of halogens is 2. The summed E-state index contributed by atoms with van der Waals surface area (Å²) in [5.41, 5.74) is 0.280. The Morgan fingerprint density at radius 3 is 2.42 bits per heavy atom. The fourth-order valence-corrected chi connectivity index (χ4v) is 1.27. The number of phenols is 1. The van der Waals surface area contributed by atoms with Crippen molar-refractivity contribution in [3.05, 3.63) is 28.5 Å². The van der Waals surface area contributed by atoms with E-state index in [1.165, 1.54) is 12.1 Å². The van der Waals surface area contributed by atoms with Gasteiger partial charge in [0.2, 0.25) is 0 Å². The Morgan fingerprint density at radius 1 is 1.42 bits per heavy atom. The van der Waals surface area contributed by atoms with Crippen molar-refractivity contribution < 1.29 is 9.50 Å². The Morgan fingerprint density at radius 2 is 2.00 bits per heavy atom. The van der Waals surface area contributed by atoms with Crippen LogP contribution in [0.3, 0.4) is 0 Å². The summed E-state index contributed by atoms with van der Waals surface area (Å²) in [5.74, 6) is -0.623. The van der Waals surface area contributed by atoms with Gasteiger partial charge in [-0.15, -0.1) is 0 Å². The summed E-state index contributed by atoms with van der Waals surface area (Å²) in [6.45, 7) is 3.60. The molecule has 0 aliphatic carbocycles. The molecule has 0 aromatic heterocycles. The van der Waals surface area contributed by atoms with E-state index in [2.05, 4.69) is 0 Å². The summed E-state index contributed by atoms with van der Waals surface area (Å²) < 4.78 is 13.1. The van der Waals surface area contributed by atoms with E-state index in [9.17, 15) is 9.50 Å². The van der Waals surface area contributed by atoms with Crippen molar-refractivity contribution in [2.24, 2.45) is 0 Å². The second-order valence-electron chi connectivity index (χ2n) is 2.95. The summed E-state index contributed by atoms with van der Waals surface area (Å²) in [4.78, 5) is 0. The largest absolute Gasteiger partial charge is 0.506 e. The fraction of sp³-hybridized carbons (Fsp3) is 0.333. The van der Waals surface area contributed by atoms with E-state index in [4.69, 9.17) is 11.6 Å². The van der Waals surface area contributed by atoms with Gasteiger partial charge in [0, 0.05) is 5.56 Å². The van der Waals surface area contributed by atoms with Gasteiger partial charge in [-0.05, 0) is 18.1 Å². The van der Waals surface area contributed by atoms with Crippen LogP contribution in [0.5, 0.6) is 5.75 Å². The van der Waals surface area contributed by atoms with Crippen LogP contribution in [0.25, 0.3) is 0 Å². The van der Waals surface area contributed by atoms with Gasteiger partial charge in [0.25, 0.3) is 0 Å². The Labute approximate surface area is 75.8 Å². The monoisotopic (exact) mass is 188 g/mol. The van der Waals surface area contributed by atoms with Crippen LogP contribution >= 0.6 is 11.6 Å². The minimum absolute atomic E-state index is 0.0660.